The maximum atomic E-state index is 12.8. The van der Waals surface area contributed by atoms with Gasteiger partial charge >= 0.3 is 0 Å². The highest BCUT2D eigenvalue weighted by atomic mass is 79.9. The van der Waals surface area contributed by atoms with Crippen LogP contribution in [0.5, 0.6) is 5.75 Å². The Morgan fingerprint density at radius 3 is 1.85 bits per heavy atom. The van der Waals surface area contributed by atoms with E-state index in [1.54, 1.807) is 30.3 Å². The second-order valence-electron chi connectivity index (χ2n) is 5.91. The van der Waals surface area contributed by atoms with Crippen molar-refractivity contribution in [3.8, 4) is 5.75 Å². The van der Waals surface area contributed by atoms with Crippen molar-refractivity contribution in [1.29, 1.82) is 0 Å². The van der Waals surface area contributed by atoms with Gasteiger partial charge in [-0.2, -0.15) is 8.61 Å². The van der Waals surface area contributed by atoms with Crippen LogP contribution in [-0.2, 0) is 20.0 Å². The third-order valence-corrected chi connectivity index (χ3v) is 9.17. The van der Waals surface area contributed by atoms with Crippen LogP contribution in [0.4, 0.5) is 0 Å². The smallest absolute Gasteiger partial charge is 0.244 e. The van der Waals surface area contributed by atoms with Crippen LogP contribution in [-0.4, -0.2) is 58.7 Å². The molecule has 1 saturated heterocycles. The van der Waals surface area contributed by atoms with Crippen molar-refractivity contribution in [3.05, 3.63) is 53.0 Å². The standard InChI is InChI=1S/C17H19BrN2O5S2/c1-25-14-6-8-15(9-7-14)26(21,22)19-10-12-20(13-11-19)27(23,24)17-5-3-2-4-16(17)18/h2-9H,10-13H2,1H3. The van der Waals surface area contributed by atoms with E-state index in [0.29, 0.717) is 10.2 Å². The number of ether oxygens (including phenoxy) is 1. The Labute approximate surface area is 167 Å². The normalized spacial score (nSPS) is 17.0. The summed E-state index contributed by atoms with van der Waals surface area (Å²) in [4.78, 5) is 0.335. The third kappa shape index (κ3) is 4.04. The minimum atomic E-state index is -3.69. The molecule has 1 aliphatic rings. The van der Waals surface area contributed by atoms with Crippen LogP contribution in [0.2, 0.25) is 0 Å². The first-order valence-corrected chi connectivity index (χ1v) is 11.8. The van der Waals surface area contributed by atoms with E-state index in [0.717, 1.165) is 0 Å². The summed E-state index contributed by atoms with van der Waals surface area (Å²) in [7, 11) is -5.86. The zero-order valence-corrected chi connectivity index (χ0v) is 17.8. The first-order valence-electron chi connectivity index (χ1n) is 8.16. The molecular weight excluding hydrogens is 456 g/mol. The van der Waals surface area contributed by atoms with Gasteiger partial charge in [-0.3, -0.25) is 0 Å². The number of sulfonamides is 2. The summed E-state index contributed by atoms with van der Waals surface area (Å²) < 4.78 is 59.3. The number of methoxy groups -OCH3 is 1. The van der Waals surface area contributed by atoms with Gasteiger partial charge in [-0.1, -0.05) is 12.1 Å². The fraction of sp³-hybridized carbons (Fsp3) is 0.294. The van der Waals surface area contributed by atoms with Gasteiger partial charge in [-0.15, -0.1) is 0 Å². The quantitative estimate of drug-likeness (QED) is 0.662. The number of piperazine rings is 1. The van der Waals surface area contributed by atoms with Gasteiger partial charge in [0.2, 0.25) is 20.0 Å². The maximum absolute atomic E-state index is 12.8. The van der Waals surface area contributed by atoms with Crippen molar-refractivity contribution >= 4 is 36.0 Å². The highest BCUT2D eigenvalue weighted by Crippen LogP contribution is 2.27. The Morgan fingerprint density at radius 2 is 1.33 bits per heavy atom. The molecule has 146 valence electrons. The van der Waals surface area contributed by atoms with E-state index in [-0.39, 0.29) is 36.0 Å². The lowest BCUT2D eigenvalue weighted by Gasteiger charge is -2.33. The number of benzene rings is 2. The van der Waals surface area contributed by atoms with Crippen LogP contribution in [0.1, 0.15) is 0 Å². The predicted molar refractivity (Wildman–Crippen MR) is 105 cm³/mol. The van der Waals surface area contributed by atoms with Gasteiger partial charge in [-0.05, 0) is 52.3 Å². The molecule has 0 bridgehead atoms. The number of rotatable bonds is 5. The second-order valence-corrected chi connectivity index (χ2v) is 10.6. The van der Waals surface area contributed by atoms with Crippen molar-refractivity contribution in [1.82, 2.24) is 8.61 Å². The predicted octanol–water partition coefficient (Wildman–Crippen LogP) is 2.15. The SMILES string of the molecule is COc1ccc(S(=O)(=O)N2CCN(S(=O)(=O)c3ccccc3Br)CC2)cc1. The van der Waals surface area contributed by atoms with Gasteiger partial charge < -0.3 is 4.74 Å². The van der Waals surface area contributed by atoms with Crippen molar-refractivity contribution < 1.29 is 21.6 Å². The fourth-order valence-corrected chi connectivity index (χ4v) is 6.65. The van der Waals surface area contributed by atoms with Crippen LogP contribution in [0, 0.1) is 0 Å². The number of halogens is 1. The molecule has 27 heavy (non-hydrogen) atoms. The molecule has 0 spiro atoms. The number of hydrogen-bond acceptors (Lipinski definition) is 5. The number of hydrogen-bond donors (Lipinski definition) is 0. The largest absolute Gasteiger partial charge is 0.497 e. The minimum absolute atomic E-state index is 0.0953. The van der Waals surface area contributed by atoms with E-state index in [9.17, 15) is 16.8 Å². The van der Waals surface area contributed by atoms with E-state index in [4.69, 9.17) is 4.74 Å². The molecule has 7 nitrogen and oxygen atoms in total. The molecule has 0 amide bonds. The maximum Gasteiger partial charge on any atom is 0.244 e. The van der Waals surface area contributed by atoms with Crippen LogP contribution in [0.15, 0.2) is 62.8 Å². The second kappa shape index (κ2) is 7.88. The van der Waals surface area contributed by atoms with Gasteiger partial charge in [0.25, 0.3) is 0 Å². The summed E-state index contributed by atoms with van der Waals surface area (Å²) in [6.45, 7) is 0.383. The van der Waals surface area contributed by atoms with Gasteiger partial charge in [0.15, 0.2) is 0 Å². The first kappa shape index (κ1) is 20.3. The van der Waals surface area contributed by atoms with Crippen molar-refractivity contribution in [2.75, 3.05) is 33.3 Å². The van der Waals surface area contributed by atoms with Gasteiger partial charge in [0.05, 0.1) is 16.9 Å². The average molecular weight is 475 g/mol. The highest BCUT2D eigenvalue weighted by Gasteiger charge is 2.34. The lowest BCUT2D eigenvalue weighted by atomic mass is 10.3. The molecule has 3 rings (SSSR count). The van der Waals surface area contributed by atoms with E-state index < -0.39 is 20.0 Å². The monoisotopic (exact) mass is 474 g/mol. The lowest BCUT2D eigenvalue weighted by molar-refractivity contribution is 0.272. The highest BCUT2D eigenvalue weighted by molar-refractivity contribution is 9.10. The molecule has 0 unspecified atom stereocenters. The number of nitrogens with zero attached hydrogens (tertiary/aromatic N) is 2. The zero-order valence-electron chi connectivity index (χ0n) is 14.6. The van der Waals surface area contributed by atoms with Gasteiger partial charge in [0.1, 0.15) is 5.75 Å². The topological polar surface area (TPSA) is 84.0 Å². The molecule has 0 atom stereocenters. The molecule has 1 heterocycles. The van der Waals surface area contributed by atoms with Crippen LogP contribution < -0.4 is 4.74 Å². The van der Waals surface area contributed by atoms with E-state index in [1.165, 1.54) is 33.9 Å². The van der Waals surface area contributed by atoms with Gasteiger partial charge in [-0.25, -0.2) is 16.8 Å². The molecule has 0 N–H and O–H groups in total. The summed E-state index contributed by atoms with van der Waals surface area (Å²) in [6.07, 6.45) is 0. The van der Waals surface area contributed by atoms with Crippen molar-refractivity contribution in [2.45, 2.75) is 9.79 Å². The van der Waals surface area contributed by atoms with Crippen LogP contribution in [0.3, 0.4) is 0 Å². The Hall–Kier alpha value is -1.46. The van der Waals surface area contributed by atoms with Crippen molar-refractivity contribution in [3.63, 3.8) is 0 Å². The Morgan fingerprint density at radius 1 is 0.815 bits per heavy atom. The summed E-state index contributed by atoms with van der Waals surface area (Å²) >= 11 is 3.26. The molecular formula is C17H19BrN2O5S2. The molecule has 10 heteroatoms. The Bertz CT molecular complexity index is 1020. The van der Waals surface area contributed by atoms with E-state index in [2.05, 4.69) is 15.9 Å². The van der Waals surface area contributed by atoms with Crippen molar-refractivity contribution in [2.24, 2.45) is 0 Å². The van der Waals surface area contributed by atoms with Gasteiger partial charge in [0, 0.05) is 30.7 Å². The lowest BCUT2D eigenvalue weighted by Crippen LogP contribution is -2.50. The summed E-state index contributed by atoms with van der Waals surface area (Å²) in [5.41, 5.74) is 0. The van der Waals surface area contributed by atoms with E-state index >= 15 is 0 Å². The zero-order chi connectivity index (χ0) is 19.7. The summed E-state index contributed by atoms with van der Waals surface area (Å²) in [6, 6.07) is 12.7. The summed E-state index contributed by atoms with van der Waals surface area (Å²) in [5, 5.41) is 0. The molecule has 1 fully saturated rings. The molecule has 0 radical (unpaired) electrons. The first-order chi connectivity index (χ1) is 12.8. The molecule has 0 aliphatic carbocycles. The average Bonchev–Trinajstić information content (AvgIpc) is 2.68. The minimum Gasteiger partial charge on any atom is -0.497 e. The van der Waals surface area contributed by atoms with Crippen LogP contribution in [0.25, 0.3) is 0 Å². The molecule has 2 aromatic carbocycles. The Kier molecular flexibility index (Phi) is 5.92. The molecule has 0 aromatic heterocycles. The Balaban J connectivity index is 1.75. The van der Waals surface area contributed by atoms with E-state index in [1.807, 2.05) is 0 Å². The molecule has 2 aromatic rings. The molecule has 0 saturated carbocycles. The fourth-order valence-electron chi connectivity index (χ4n) is 2.84. The third-order valence-electron chi connectivity index (χ3n) is 4.35. The van der Waals surface area contributed by atoms with Crippen LogP contribution >= 0.6 is 15.9 Å². The summed E-state index contributed by atoms with van der Waals surface area (Å²) in [5.74, 6) is 0.568. The molecule has 1 aliphatic heterocycles.